The minimum absolute atomic E-state index is 0.148. The van der Waals surface area contributed by atoms with E-state index in [0.717, 1.165) is 34.1 Å². The number of amides is 3. The monoisotopic (exact) mass is 472 g/mol. The van der Waals surface area contributed by atoms with E-state index >= 15 is 0 Å². The van der Waals surface area contributed by atoms with Crippen molar-refractivity contribution in [3.8, 4) is 5.75 Å². The topological polar surface area (TPSA) is 75.7 Å². The van der Waals surface area contributed by atoms with Crippen molar-refractivity contribution in [2.45, 2.75) is 20.4 Å². The Morgan fingerprint density at radius 3 is 2.56 bits per heavy atom. The molecule has 1 heterocycles. The van der Waals surface area contributed by atoms with E-state index in [9.17, 15) is 14.4 Å². The van der Waals surface area contributed by atoms with Crippen molar-refractivity contribution < 1.29 is 19.1 Å². The normalized spacial score (nSPS) is 14.5. The van der Waals surface area contributed by atoms with E-state index in [2.05, 4.69) is 5.32 Å². The molecule has 7 heteroatoms. The smallest absolute Gasteiger partial charge is 0.293 e. The molecule has 34 heavy (non-hydrogen) atoms. The van der Waals surface area contributed by atoms with Crippen molar-refractivity contribution in [1.29, 1.82) is 0 Å². The predicted octanol–water partition coefficient (Wildman–Crippen LogP) is 5.56. The summed E-state index contributed by atoms with van der Waals surface area (Å²) in [5.41, 5.74) is 4.46. The van der Waals surface area contributed by atoms with Crippen LogP contribution in [-0.4, -0.2) is 28.6 Å². The van der Waals surface area contributed by atoms with Crippen molar-refractivity contribution in [2.75, 3.05) is 11.9 Å². The molecular formula is C27H24N2O4S. The van der Waals surface area contributed by atoms with E-state index in [-0.39, 0.29) is 30.2 Å². The van der Waals surface area contributed by atoms with Crippen molar-refractivity contribution in [2.24, 2.45) is 0 Å². The van der Waals surface area contributed by atoms with Gasteiger partial charge in [-0.2, -0.15) is 0 Å². The number of hydrogen-bond acceptors (Lipinski definition) is 5. The van der Waals surface area contributed by atoms with Crippen molar-refractivity contribution in [3.63, 3.8) is 0 Å². The highest BCUT2D eigenvalue weighted by molar-refractivity contribution is 8.18. The molecule has 3 aromatic carbocycles. The second-order valence-corrected chi connectivity index (χ2v) is 8.90. The molecule has 0 atom stereocenters. The summed E-state index contributed by atoms with van der Waals surface area (Å²) in [7, 11) is 0. The van der Waals surface area contributed by atoms with Crippen LogP contribution in [0.15, 0.2) is 77.7 Å². The number of nitrogens with one attached hydrogen (secondary N) is 1. The van der Waals surface area contributed by atoms with Gasteiger partial charge < -0.3 is 10.1 Å². The summed E-state index contributed by atoms with van der Waals surface area (Å²) in [5, 5.41) is 2.57. The van der Waals surface area contributed by atoms with Crippen LogP contribution in [0.5, 0.6) is 5.75 Å². The van der Waals surface area contributed by atoms with Crippen LogP contribution in [0.3, 0.4) is 0 Å². The first-order chi connectivity index (χ1) is 16.4. The molecule has 172 valence electrons. The summed E-state index contributed by atoms with van der Waals surface area (Å²) in [6, 6.07) is 22.2. The average molecular weight is 473 g/mol. The van der Waals surface area contributed by atoms with Crippen molar-refractivity contribution in [3.05, 3.63) is 100.0 Å². The SMILES string of the molecule is Cc1cccc(NC(=O)COc2cccc(/C=C3\SC(=O)N(Cc4ccccc4)C3=O)c2)c1C. The highest BCUT2D eigenvalue weighted by Gasteiger charge is 2.34. The Hall–Kier alpha value is -3.84. The summed E-state index contributed by atoms with van der Waals surface area (Å²) in [4.78, 5) is 39.1. The van der Waals surface area contributed by atoms with Crippen LogP contribution in [0, 0.1) is 13.8 Å². The molecule has 4 rings (SSSR count). The van der Waals surface area contributed by atoms with Gasteiger partial charge in [0.25, 0.3) is 17.1 Å². The highest BCUT2D eigenvalue weighted by Crippen LogP contribution is 2.33. The maximum Gasteiger partial charge on any atom is 0.293 e. The van der Waals surface area contributed by atoms with Crippen molar-refractivity contribution >= 4 is 40.6 Å². The third-order valence-corrected chi connectivity index (χ3v) is 6.37. The molecule has 0 aliphatic carbocycles. The third-order valence-electron chi connectivity index (χ3n) is 5.46. The average Bonchev–Trinajstić information content (AvgIpc) is 3.09. The summed E-state index contributed by atoms with van der Waals surface area (Å²) >= 11 is 0.917. The van der Waals surface area contributed by atoms with Crippen LogP contribution in [-0.2, 0) is 16.1 Å². The van der Waals surface area contributed by atoms with Gasteiger partial charge in [-0.15, -0.1) is 0 Å². The summed E-state index contributed by atoms with van der Waals surface area (Å²) in [6.45, 7) is 4.03. The van der Waals surface area contributed by atoms with Crippen LogP contribution >= 0.6 is 11.8 Å². The Morgan fingerprint density at radius 1 is 1.00 bits per heavy atom. The lowest BCUT2D eigenvalue weighted by Crippen LogP contribution is -2.27. The molecule has 0 saturated carbocycles. The van der Waals surface area contributed by atoms with E-state index in [1.165, 1.54) is 4.90 Å². The molecule has 1 aliphatic rings. The second-order valence-electron chi connectivity index (χ2n) is 7.91. The van der Waals surface area contributed by atoms with E-state index in [1.807, 2.05) is 68.4 Å². The fourth-order valence-electron chi connectivity index (χ4n) is 3.47. The van der Waals surface area contributed by atoms with Crippen molar-refractivity contribution in [1.82, 2.24) is 4.90 Å². The first-order valence-electron chi connectivity index (χ1n) is 10.8. The number of anilines is 1. The fraction of sp³-hybridized carbons (Fsp3) is 0.148. The number of carbonyl (C=O) groups is 3. The number of hydrogen-bond donors (Lipinski definition) is 1. The Morgan fingerprint density at radius 2 is 1.76 bits per heavy atom. The van der Waals surface area contributed by atoms with E-state index in [0.29, 0.717) is 16.2 Å². The first kappa shape index (κ1) is 23.3. The maximum atomic E-state index is 12.8. The van der Waals surface area contributed by atoms with Gasteiger partial charge in [-0.25, -0.2) is 0 Å². The van der Waals surface area contributed by atoms with Gasteiger partial charge in [-0.3, -0.25) is 19.3 Å². The molecular weight excluding hydrogens is 448 g/mol. The molecule has 0 aromatic heterocycles. The van der Waals surface area contributed by atoms with Crippen LogP contribution in [0.2, 0.25) is 0 Å². The lowest BCUT2D eigenvalue weighted by molar-refractivity contribution is -0.123. The number of thioether (sulfide) groups is 1. The molecule has 0 bridgehead atoms. The number of ether oxygens (including phenoxy) is 1. The quantitative estimate of drug-likeness (QED) is 0.456. The molecule has 3 amide bonds. The lowest BCUT2D eigenvalue weighted by atomic mass is 10.1. The summed E-state index contributed by atoms with van der Waals surface area (Å²) in [6.07, 6.45) is 1.67. The number of carbonyl (C=O) groups excluding carboxylic acids is 3. The zero-order chi connectivity index (χ0) is 24.1. The molecule has 1 fully saturated rings. The van der Waals surface area contributed by atoms with Gasteiger partial charge in [0.1, 0.15) is 5.75 Å². The van der Waals surface area contributed by atoms with Crippen LogP contribution in [0.4, 0.5) is 10.5 Å². The standard InChI is InChI=1S/C27H24N2O4S/c1-18-8-6-13-23(19(18)2)28-25(30)17-33-22-12-7-11-21(14-22)15-24-26(31)29(27(32)34-24)16-20-9-4-3-5-10-20/h3-15H,16-17H2,1-2H3,(H,28,30)/b24-15-. The third kappa shape index (κ3) is 5.55. The van der Waals surface area contributed by atoms with Gasteiger partial charge in [-0.1, -0.05) is 54.6 Å². The maximum absolute atomic E-state index is 12.8. The minimum Gasteiger partial charge on any atom is -0.484 e. The van der Waals surface area contributed by atoms with Gasteiger partial charge in [0.15, 0.2) is 6.61 Å². The Balaban J connectivity index is 1.39. The largest absolute Gasteiger partial charge is 0.484 e. The van der Waals surface area contributed by atoms with Gasteiger partial charge in [0.2, 0.25) is 0 Å². The zero-order valence-corrected chi connectivity index (χ0v) is 19.7. The van der Waals surface area contributed by atoms with Gasteiger partial charge in [0.05, 0.1) is 11.4 Å². The highest BCUT2D eigenvalue weighted by atomic mass is 32.2. The second kappa shape index (κ2) is 10.4. The predicted molar refractivity (Wildman–Crippen MR) is 134 cm³/mol. The van der Waals surface area contributed by atoms with Crippen LogP contribution < -0.4 is 10.1 Å². The summed E-state index contributed by atoms with van der Waals surface area (Å²) in [5.74, 6) is -0.0902. The lowest BCUT2D eigenvalue weighted by Gasteiger charge is -2.12. The number of imide groups is 1. The van der Waals surface area contributed by atoms with E-state index in [4.69, 9.17) is 4.74 Å². The number of rotatable bonds is 7. The number of aryl methyl sites for hydroxylation is 1. The van der Waals surface area contributed by atoms with Gasteiger partial charge in [-0.05, 0) is 72.1 Å². The van der Waals surface area contributed by atoms with E-state index < -0.39 is 0 Å². The minimum atomic E-state index is -0.321. The summed E-state index contributed by atoms with van der Waals surface area (Å²) < 4.78 is 5.65. The molecule has 0 unspecified atom stereocenters. The molecule has 0 spiro atoms. The zero-order valence-electron chi connectivity index (χ0n) is 18.9. The van der Waals surface area contributed by atoms with Gasteiger partial charge in [0, 0.05) is 5.69 Å². The first-order valence-corrected chi connectivity index (χ1v) is 11.6. The molecule has 0 radical (unpaired) electrons. The Labute approximate surface area is 202 Å². The molecule has 6 nitrogen and oxygen atoms in total. The molecule has 1 aliphatic heterocycles. The van der Waals surface area contributed by atoms with E-state index in [1.54, 1.807) is 24.3 Å². The van der Waals surface area contributed by atoms with Crippen LogP contribution in [0.1, 0.15) is 22.3 Å². The Bertz CT molecular complexity index is 1270. The molecule has 3 aromatic rings. The molecule has 1 N–H and O–H groups in total. The number of nitrogens with zero attached hydrogens (tertiary/aromatic N) is 1. The molecule has 1 saturated heterocycles. The Kier molecular flexibility index (Phi) is 7.13. The van der Waals surface area contributed by atoms with Crippen LogP contribution in [0.25, 0.3) is 6.08 Å². The number of benzene rings is 3. The van der Waals surface area contributed by atoms with Gasteiger partial charge >= 0.3 is 0 Å². The fourth-order valence-corrected chi connectivity index (χ4v) is 4.31.